The highest BCUT2D eigenvalue weighted by atomic mass is 79.9. The van der Waals surface area contributed by atoms with Gasteiger partial charge in [0, 0.05) is 26.7 Å². The second-order valence-corrected chi connectivity index (χ2v) is 4.94. The van der Waals surface area contributed by atoms with Gasteiger partial charge in [-0.2, -0.15) is 0 Å². The predicted octanol–water partition coefficient (Wildman–Crippen LogP) is 2.50. The molecule has 11 heavy (non-hydrogen) atoms. The van der Waals surface area contributed by atoms with Crippen molar-refractivity contribution in [2.45, 2.75) is 18.3 Å². The fourth-order valence-electron chi connectivity index (χ4n) is 1.29. The Labute approximate surface area is 78.7 Å². The first-order valence-electron chi connectivity index (χ1n) is 3.71. The zero-order valence-corrected chi connectivity index (χ0v) is 8.54. The fraction of sp³-hybridized carbons (Fsp3) is 0.500. The third kappa shape index (κ3) is 1.25. The van der Waals surface area contributed by atoms with Gasteiger partial charge in [0.1, 0.15) is 0 Å². The van der Waals surface area contributed by atoms with Crippen LogP contribution in [0.1, 0.15) is 17.7 Å². The smallest absolute Gasteiger partial charge is 0.0285 e. The maximum absolute atomic E-state index is 5.70. The molecule has 2 N–H and O–H groups in total. The summed E-state index contributed by atoms with van der Waals surface area (Å²) < 4.78 is 1.19. The fourth-order valence-corrected chi connectivity index (χ4v) is 2.99. The Morgan fingerprint density at radius 1 is 1.64 bits per heavy atom. The molecule has 3 heteroatoms. The molecule has 2 rings (SSSR count). The molecular formula is C8H10BrNS. The van der Waals surface area contributed by atoms with Crippen molar-refractivity contribution < 1.29 is 0 Å². The van der Waals surface area contributed by atoms with Crippen molar-refractivity contribution in [3.8, 4) is 0 Å². The van der Waals surface area contributed by atoms with Crippen molar-refractivity contribution >= 4 is 27.3 Å². The minimum absolute atomic E-state index is 0.372. The van der Waals surface area contributed by atoms with Gasteiger partial charge < -0.3 is 5.73 Å². The Hall–Kier alpha value is 0.140. The third-order valence-corrected chi connectivity index (χ3v) is 4.27. The van der Waals surface area contributed by atoms with E-state index in [1.807, 2.05) is 11.3 Å². The molecule has 60 valence electrons. The van der Waals surface area contributed by atoms with Crippen LogP contribution in [0.4, 0.5) is 0 Å². The van der Waals surface area contributed by atoms with E-state index < -0.39 is 0 Å². The second-order valence-electron chi connectivity index (χ2n) is 3.11. The van der Waals surface area contributed by atoms with Gasteiger partial charge in [-0.1, -0.05) is 0 Å². The molecule has 0 aromatic carbocycles. The molecule has 0 saturated heterocycles. The van der Waals surface area contributed by atoms with E-state index in [1.54, 1.807) is 0 Å². The van der Waals surface area contributed by atoms with Gasteiger partial charge in [-0.05, 0) is 34.8 Å². The van der Waals surface area contributed by atoms with Crippen LogP contribution in [0.5, 0.6) is 0 Å². The predicted molar refractivity (Wildman–Crippen MR) is 52.0 cm³/mol. The molecule has 1 aromatic heterocycles. The van der Waals surface area contributed by atoms with Crippen molar-refractivity contribution in [2.75, 3.05) is 6.54 Å². The summed E-state index contributed by atoms with van der Waals surface area (Å²) in [7, 11) is 0. The topological polar surface area (TPSA) is 26.0 Å². The Kier molecular flexibility index (Phi) is 1.82. The summed E-state index contributed by atoms with van der Waals surface area (Å²) in [5.74, 6) is 0. The number of thiophene rings is 1. The highest BCUT2D eigenvalue weighted by Gasteiger charge is 2.43. The lowest BCUT2D eigenvalue weighted by atomic mass is 10.1. The summed E-state index contributed by atoms with van der Waals surface area (Å²) in [6.45, 7) is 0.806. The van der Waals surface area contributed by atoms with Crippen molar-refractivity contribution in [3.05, 3.63) is 20.8 Å². The number of hydrogen-bond acceptors (Lipinski definition) is 2. The summed E-state index contributed by atoms with van der Waals surface area (Å²) in [6.07, 6.45) is 2.55. The maximum Gasteiger partial charge on any atom is 0.0285 e. The van der Waals surface area contributed by atoms with Gasteiger partial charge in [0.15, 0.2) is 0 Å². The van der Waals surface area contributed by atoms with E-state index in [-0.39, 0.29) is 0 Å². The van der Waals surface area contributed by atoms with Crippen molar-refractivity contribution in [1.29, 1.82) is 0 Å². The molecule has 0 bridgehead atoms. The van der Waals surface area contributed by atoms with Crippen LogP contribution in [0, 0.1) is 0 Å². The zero-order valence-electron chi connectivity index (χ0n) is 6.14. The van der Waals surface area contributed by atoms with E-state index in [2.05, 4.69) is 27.4 Å². The van der Waals surface area contributed by atoms with E-state index in [0.29, 0.717) is 5.41 Å². The Morgan fingerprint density at radius 2 is 2.36 bits per heavy atom. The number of halogens is 1. The standard InChI is InChI=1S/C8H10BrNS/c9-6-3-7(11-4-6)8(5-10)1-2-8/h3-4H,1-2,5,10H2. The third-order valence-electron chi connectivity index (χ3n) is 2.33. The van der Waals surface area contributed by atoms with E-state index in [9.17, 15) is 0 Å². The number of rotatable bonds is 2. The van der Waals surface area contributed by atoms with E-state index in [4.69, 9.17) is 5.73 Å². The first kappa shape index (κ1) is 7.77. The Morgan fingerprint density at radius 3 is 2.73 bits per heavy atom. The quantitative estimate of drug-likeness (QED) is 0.832. The van der Waals surface area contributed by atoms with Gasteiger partial charge in [-0.15, -0.1) is 11.3 Å². The van der Waals surface area contributed by atoms with Crippen LogP contribution in [0.15, 0.2) is 15.9 Å². The molecular weight excluding hydrogens is 222 g/mol. The lowest BCUT2D eigenvalue weighted by Gasteiger charge is -2.07. The van der Waals surface area contributed by atoms with Gasteiger partial charge in [0.05, 0.1) is 0 Å². The van der Waals surface area contributed by atoms with Gasteiger partial charge in [-0.25, -0.2) is 0 Å². The SMILES string of the molecule is NCC1(c2cc(Br)cs2)CC1. The average Bonchev–Trinajstić information content (AvgIpc) is 2.70. The van der Waals surface area contributed by atoms with Gasteiger partial charge in [0.25, 0.3) is 0 Å². The molecule has 0 unspecified atom stereocenters. The van der Waals surface area contributed by atoms with E-state index >= 15 is 0 Å². The molecule has 1 fully saturated rings. The first-order valence-corrected chi connectivity index (χ1v) is 5.39. The Bertz CT molecular complexity index is 265. The van der Waals surface area contributed by atoms with Crippen LogP contribution < -0.4 is 5.73 Å². The van der Waals surface area contributed by atoms with Crippen molar-refractivity contribution in [3.63, 3.8) is 0 Å². The average molecular weight is 232 g/mol. The van der Waals surface area contributed by atoms with Gasteiger partial charge >= 0.3 is 0 Å². The lowest BCUT2D eigenvalue weighted by molar-refractivity contribution is 0.720. The monoisotopic (exact) mass is 231 g/mol. The molecule has 1 saturated carbocycles. The van der Waals surface area contributed by atoms with Crippen LogP contribution in [-0.4, -0.2) is 6.54 Å². The highest BCUT2D eigenvalue weighted by molar-refractivity contribution is 9.10. The number of nitrogens with two attached hydrogens (primary N) is 1. The molecule has 0 atom stereocenters. The lowest BCUT2D eigenvalue weighted by Crippen LogP contribution is -2.18. The first-order chi connectivity index (χ1) is 5.27. The van der Waals surface area contributed by atoms with E-state index in [1.165, 1.54) is 22.2 Å². The second kappa shape index (κ2) is 2.57. The molecule has 1 heterocycles. The van der Waals surface area contributed by atoms with E-state index in [0.717, 1.165) is 6.54 Å². The normalized spacial score (nSPS) is 20.2. The zero-order chi connectivity index (χ0) is 7.90. The summed E-state index contributed by atoms with van der Waals surface area (Å²) in [5, 5.41) is 2.13. The number of hydrogen-bond donors (Lipinski definition) is 1. The minimum Gasteiger partial charge on any atom is -0.330 e. The molecule has 1 aliphatic rings. The Balaban J connectivity index is 2.29. The highest BCUT2D eigenvalue weighted by Crippen LogP contribution is 2.49. The molecule has 0 aliphatic heterocycles. The summed E-state index contributed by atoms with van der Waals surface area (Å²) >= 11 is 5.27. The van der Waals surface area contributed by atoms with Crippen molar-refractivity contribution in [1.82, 2.24) is 0 Å². The van der Waals surface area contributed by atoms with Crippen LogP contribution in [0.2, 0.25) is 0 Å². The summed E-state index contributed by atoms with van der Waals surface area (Å²) in [6, 6.07) is 2.20. The molecule has 1 aliphatic carbocycles. The minimum atomic E-state index is 0.372. The van der Waals surface area contributed by atoms with Crippen LogP contribution in [-0.2, 0) is 5.41 Å². The van der Waals surface area contributed by atoms with Crippen LogP contribution >= 0.6 is 27.3 Å². The van der Waals surface area contributed by atoms with Crippen LogP contribution in [0.3, 0.4) is 0 Å². The molecule has 0 radical (unpaired) electrons. The van der Waals surface area contributed by atoms with Crippen LogP contribution in [0.25, 0.3) is 0 Å². The molecule has 0 amide bonds. The maximum atomic E-state index is 5.70. The van der Waals surface area contributed by atoms with Gasteiger partial charge in [-0.3, -0.25) is 0 Å². The molecule has 0 spiro atoms. The molecule has 1 nitrogen and oxygen atoms in total. The summed E-state index contributed by atoms with van der Waals surface area (Å²) in [5.41, 5.74) is 6.07. The largest absolute Gasteiger partial charge is 0.330 e. The summed E-state index contributed by atoms with van der Waals surface area (Å²) in [4.78, 5) is 1.45. The molecule has 1 aromatic rings. The van der Waals surface area contributed by atoms with Crippen molar-refractivity contribution in [2.24, 2.45) is 5.73 Å². The van der Waals surface area contributed by atoms with Gasteiger partial charge in [0.2, 0.25) is 0 Å².